The lowest BCUT2D eigenvalue weighted by molar-refractivity contribution is 0.300. The Bertz CT molecular complexity index is 1010. The number of fused-ring (bicyclic) bond motifs is 3. The maximum Gasteiger partial charge on any atom is 0.207 e. The number of nitriles is 1. The summed E-state index contributed by atoms with van der Waals surface area (Å²) in [6.07, 6.45) is 9.84. The van der Waals surface area contributed by atoms with Crippen LogP contribution in [0, 0.1) is 17.4 Å². The molecule has 1 N–H and O–H groups in total. The van der Waals surface area contributed by atoms with Gasteiger partial charge in [0.15, 0.2) is 0 Å². The van der Waals surface area contributed by atoms with E-state index in [9.17, 15) is 0 Å². The number of nitrogens with one attached hydrogen (secondary N) is 1. The SMILES string of the molecule is CC(C)/C(=N\C#N)N1CCC[C@H](c2ccnc3cnc4[nH]ccc4c23)C1. The second-order valence-electron chi connectivity index (χ2n) is 7.17. The van der Waals surface area contributed by atoms with Crippen molar-refractivity contribution < 1.29 is 0 Å². The van der Waals surface area contributed by atoms with Gasteiger partial charge in [0.05, 0.1) is 11.7 Å². The molecule has 0 aliphatic carbocycles. The molecule has 0 amide bonds. The van der Waals surface area contributed by atoms with Gasteiger partial charge in [-0.3, -0.25) is 4.98 Å². The van der Waals surface area contributed by atoms with Gasteiger partial charge >= 0.3 is 0 Å². The van der Waals surface area contributed by atoms with Crippen LogP contribution in [0.2, 0.25) is 0 Å². The number of aromatic amines is 1. The van der Waals surface area contributed by atoms with Gasteiger partial charge in [-0.05, 0) is 30.5 Å². The molecule has 3 aromatic rings. The summed E-state index contributed by atoms with van der Waals surface area (Å²) < 4.78 is 0. The molecule has 0 radical (unpaired) electrons. The number of pyridine rings is 2. The predicted molar refractivity (Wildman–Crippen MR) is 103 cm³/mol. The van der Waals surface area contributed by atoms with Crippen molar-refractivity contribution in [1.82, 2.24) is 19.9 Å². The van der Waals surface area contributed by atoms with Crippen molar-refractivity contribution in [2.45, 2.75) is 32.6 Å². The van der Waals surface area contributed by atoms with Gasteiger partial charge in [-0.15, -0.1) is 0 Å². The molecule has 0 bridgehead atoms. The summed E-state index contributed by atoms with van der Waals surface area (Å²) >= 11 is 0. The average Bonchev–Trinajstić information content (AvgIpc) is 3.14. The van der Waals surface area contributed by atoms with Gasteiger partial charge in [0.25, 0.3) is 0 Å². The number of aliphatic imine (C=N–C) groups is 1. The Balaban J connectivity index is 1.77. The maximum absolute atomic E-state index is 9.05. The first kappa shape index (κ1) is 16.5. The van der Waals surface area contributed by atoms with Crippen LogP contribution in [-0.4, -0.2) is 38.8 Å². The van der Waals surface area contributed by atoms with Crippen LogP contribution in [0.5, 0.6) is 0 Å². The minimum Gasteiger partial charge on any atom is -0.359 e. The number of amidine groups is 1. The number of aromatic nitrogens is 3. The highest BCUT2D eigenvalue weighted by Gasteiger charge is 2.26. The number of nitrogens with zero attached hydrogens (tertiary/aromatic N) is 5. The lowest BCUT2D eigenvalue weighted by Gasteiger charge is -2.36. The molecule has 6 heteroatoms. The molecule has 1 saturated heterocycles. The topological polar surface area (TPSA) is 81.0 Å². The first-order chi connectivity index (χ1) is 12.7. The van der Waals surface area contributed by atoms with Crippen molar-refractivity contribution in [3.8, 4) is 6.19 Å². The number of H-pyrrole nitrogens is 1. The summed E-state index contributed by atoms with van der Waals surface area (Å²) in [5, 5.41) is 11.4. The summed E-state index contributed by atoms with van der Waals surface area (Å²) in [6, 6.07) is 4.21. The summed E-state index contributed by atoms with van der Waals surface area (Å²) in [4.78, 5) is 18.6. The van der Waals surface area contributed by atoms with E-state index >= 15 is 0 Å². The van der Waals surface area contributed by atoms with Crippen LogP contribution in [0.15, 0.2) is 35.7 Å². The molecule has 1 fully saturated rings. The van der Waals surface area contributed by atoms with Gasteiger partial charge in [0, 0.05) is 48.1 Å². The molecule has 3 aromatic heterocycles. The Morgan fingerprint density at radius 1 is 1.38 bits per heavy atom. The zero-order chi connectivity index (χ0) is 18.1. The quantitative estimate of drug-likeness (QED) is 0.434. The van der Waals surface area contributed by atoms with Crippen LogP contribution >= 0.6 is 0 Å². The zero-order valence-electron chi connectivity index (χ0n) is 15.1. The highest BCUT2D eigenvalue weighted by molar-refractivity contribution is 6.05. The third kappa shape index (κ3) is 2.80. The Morgan fingerprint density at radius 2 is 2.27 bits per heavy atom. The van der Waals surface area contributed by atoms with Crippen molar-refractivity contribution in [3.05, 3.63) is 36.3 Å². The van der Waals surface area contributed by atoms with E-state index in [1.807, 2.05) is 24.8 Å². The van der Waals surface area contributed by atoms with Gasteiger partial charge < -0.3 is 9.88 Å². The molecule has 0 saturated carbocycles. The highest BCUT2D eigenvalue weighted by Crippen LogP contribution is 2.34. The summed E-state index contributed by atoms with van der Waals surface area (Å²) in [6.45, 7) is 6.03. The van der Waals surface area contributed by atoms with Crippen LogP contribution < -0.4 is 0 Å². The van der Waals surface area contributed by atoms with E-state index in [0.717, 1.165) is 48.3 Å². The zero-order valence-corrected chi connectivity index (χ0v) is 15.1. The standard InChI is InChI=1S/C20H22N6/c1-13(2)20(25-12-21)26-9-3-4-14(11-26)15-5-7-22-17-10-24-19-16(18(15)17)6-8-23-19/h5-8,10,13-14H,3-4,9,11H2,1-2H3,(H,23,24)/b25-20+/t14-/m0/s1. The predicted octanol–water partition coefficient (Wildman–Crippen LogP) is 3.83. The van der Waals surface area contributed by atoms with Crippen molar-refractivity contribution in [1.29, 1.82) is 5.26 Å². The molecule has 4 heterocycles. The first-order valence-corrected chi connectivity index (χ1v) is 9.11. The van der Waals surface area contributed by atoms with E-state index in [-0.39, 0.29) is 5.92 Å². The lowest BCUT2D eigenvalue weighted by atomic mass is 9.87. The number of hydrogen-bond acceptors (Lipinski definition) is 4. The fourth-order valence-corrected chi connectivity index (χ4v) is 4.08. The third-order valence-corrected chi connectivity index (χ3v) is 5.19. The minimum atomic E-state index is 0.239. The molecule has 0 aromatic carbocycles. The Morgan fingerprint density at radius 3 is 3.08 bits per heavy atom. The van der Waals surface area contributed by atoms with Crippen molar-refractivity contribution in [3.63, 3.8) is 0 Å². The maximum atomic E-state index is 9.05. The van der Waals surface area contributed by atoms with Crippen molar-refractivity contribution >= 4 is 27.8 Å². The van der Waals surface area contributed by atoms with Crippen LogP contribution in [0.3, 0.4) is 0 Å². The van der Waals surface area contributed by atoms with Crippen molar-refractivity contribution in [2.24, 2.45) is 10.9 Å². The molecule has 1 aliphatic heterocycles. The van der Waals surface area contributed by atoms with Crippen LogP contribution in [0.1, 0.15) is 38.2 Å². The minimum absolute atomic E-state index is 0.239. The molecule has 0 spiro atoms. The van der Waals surface area contributed by atoms with Crippen LogP contribution in [-0.2, 0) is 0 Å². The van der Waals surface area contributed by atoms with Crippen LogP contribution in [0.4, 0.5) is 0 Å². The Kier molecular flexibility index (Phi) is 4.29. The Labute approximate surface area is 152 Å². The summed E-state index contributed by atoms with van der Waals surface area (Å²) in [7, 11) is 0. The molecular formula is C20H22N6. The number of piperidine rings is 1. The van der Waals surface area contributed by atoms with E-state index in [2.05, 4.69) is 50.8 Å². The van der Waals surface area contributed by atoms with E-state index in [4.69, 9.17) is 5.26 Å². The molecule has 1 aliphatic rings. The van der Waals surface area contributed by atoms with E-state index in [0.29, 0.717) is 5.92 Å². The van der Waals surface area contributed by atoms with E-state index in [1.54, 1.807) is 0 Å². The normalized spacial score (nSPS) is 18.6. The Hall–Kier alpha value is -2.94. The smallest absolute Gasteiger partial charge is 0.207 e. The van der Waals surface area contributed by atoms with Gasteiger partial charge in [-0.1, -0.05) is 13.8 Å². The van der Waals surface area contributed by atoms with E-state index in [1.165, 1.54) is 10.9 Å². The largest absolute Gasteiger partial charge is 0.359 e. The van der Waals surface area contributed by atoms with Crippen molar-refractivity contribution in [2.75, 3.05) is 13.1 Å². The number of rotatable bonds is 2. The lowest BCUT2D eigenvalue weighted by Crippen LogP contribution is -2.41. The molecule has 0 unspecified atom stereocenters. The fraction of sp³-hybridized carbons (Fsp3) is 0.400. The second kappa shape index (κ2) is 6.75. The highest BCUT2D eigenvalue weighted by atomic mass is 15.2. The monoisotopic (exact) mass is 346 g/mol. The van der Waals surface area contributed by atoms with Crippen LogP contribution in [0.25, 0.3) is 21.9 Å². The first-order valence-electron chi connectivity index (χ1n) is 9.11. The molecule has 4 rings (SSSR count). The van der Waals surface area contributed by atoms with E-state index < -0.39 is 0 Å². The fourth-order valence-electron chi connectivity index (χ4n) is 4.08. The average molecular weight is 346 g/mol. The summed E-state index contributed by atoms with van der Waals surface area (Å²) in [5.41, 5.74) is 3.14. The molecule has 132 valence electrons. The molecule has 1 atom stereocenters. The number of likely N-dealkylation sites (tertiary alicyclic amines) is 1. The molecule has 26 heavy (non-hydrogen) atoms. The molecular weight excluding hydrogens is 324 g/mol. The van der Waals surface area contributed by atoms with Gasteiger partial charge in [-0.25, -0.2) is 4.98 Å². The molecule has 6 nitrogen and oxygen atoms in total. The van der Waals surface area contributed by atoms with Gasteiger partial charge in [0.1, 0.15) is 11.5 Å². The second-order valence-corrected chi connectivity index (χ2v) is 7.17. The number of hydrogen-bond donors (Lipinski definition) is 1. The van der Waals surface area contributed by atoms with Gasteiger partial charge in [-0.2, -0.15) is 10.3 Å². The summed E-state index contributed by atoms with van der Waals surface area (Å²) in [5.74, 6) is 1.52. The van der Waals surface area contributed by atoms with Gasteiger partial charge in [0.2, 0.25) is 6.19 Å². The third-order valence-electron chi connectivity index (χ3n) is 5.19.